The SMILES string of the molecule is Cc1ccc(NC(=O)C2CC2C(=O)O)cc1Cl. The van der Waals surface area contributed by atoms with Crippen LogP contribution < -0.4 is 5.32 Å². The Hall–Kier alpha value is -1.55. The van der Waals surface area contributed by atoms with Gasteiger partial charge in [-0.1, -0.05) is 17.7 Å². The summed E-state index contributed by atoms with van der Waals surface area (Å²) in [6.07, 6.45) is 0.417. The predicted molar refractivity (Wildman–Crippen MR) is 64.1 cm³/mol. The maximum absolute atomic E-state index is 11.7. The molecule has 1 fully saturated rings. The smallest absolute Gasteiger partial charge is 0.307 e. The molecule has 1 aliphatic rings. The summed E-state index contributed by atoms with van der Waals surface area (Å²) in [6, 6.07) is 5.21. The van der Waals surface area contributed by atoms with E-state index in [1.165, 1.54) is 0 Å². The van der Waals surface area contributed by atoms with Crippen LogP contribution in [0.2, 0.25) is 5.02 Å². The number of aliphatic carboxylic acids is 1. The van der Waals surface area contributed by atoms with Gasteiger partial charge in [-0.25, -0.2) is 0 Å². The Balaban J connectivity index is 2.00. The van der Waals surface area contributed by atoms with Gasteiger partial charge in [0, 0.05) is 10.7 Å². The number of carbonyl (C=O) groups is 2. The third-order valence-electron chi connectivity index (χ3n) is 2.88. The molecule has 1 aliphatic carbocycles. The van der Waals surface area contributed by atoms with Gasteiger partial charge in [0.05, 0.1) is 11.8 Å². The number of hydrogen-bond acceptors (Lipinski definition) is 2. The quantitative estimate of drug-likeness (QED) is 0.869. The van der Waals surface area contributed by atoms with Gasteiger partial charge in [0.15, 0.2) is 0 Å². The molecule has 0 aliphatic heterocycles. The minimum Gasteiger partial charge on any atom is -0.481 e. The van der Waals surface area contributed by atoms with Crippen molar-refractivity contribution in [2.75, 3.05) is 5.32 Å². The van der Waals surface area contributed by atoms with Crippen molar-refractivity contribution >= 4 is 29.2 Å². The van der Waals surface area contributed by atoms with Crippen molar-refractivity contribution in [3.63, 3.8) is 0 Å². The monoisotopic (exact) mass is 253 g/mol. The zero-order valence-electron chi connectivity index (χ0n) is 9.24. The van der Waals surface area contributed by atoms with E-state index in [9.17, 15) is 9.59 Å². The number of benzene rings is 1. The molecular formula is C12H12ClNO3. The molecule has 0 spiro atoms. The normalized spacial score (nSPS) is 22.0. The average Bonchev–Trinajstić information content (AvgIpc) is 3.03. The van der Waals surface area contributed by atoms with Gasteiger partial charge >= 0.3 is 5.97 Å². The van der Waals surface area contributed by atoms with Gasteiger partial charge in [0.2, 0.25) is 5.91 Å². The molecule has 0 aromatic heterocycles. The molecule has 0 heterocycles. The minimum absolute atomic E-state index is 0.252. The second kappa shape index (κ2) is 4.37. The van der Waals surface area contributed by atoms with E-state index in [1.807, 2.05) is 6.92 Å². The molecule has 2 atom stereocenters. The number of carbonyl (C=O) groups excluding carboxylic acids is 1. The van der Waals surface area contributed by atoms with Crippen molar-refractivity contribution in [2.45, 2.75) is 13.3 Å². The topological polar surface area (TPSA) is 66.4 Å². The van der Waals surface area contributed by atoms with E-state index in [-0.39, 0.29) is 5.91 Å². The number of rotatable bonds is 3. The maximum atomic E-state index is 11.7. The third-order valence-corrected chi connectivity index (χ3v) is 3.29. The van der Waals surface area contributed by atoms with Crippen LogP contribution in [0.1, 0.15) is 12.0 Å². The number of anilines is 1. The largest absolute Gasteiger partial charge is 0.481 e. The number of nitrogens with one attached hydrogen (secondary N) is 1. The average molecular weight is 254 g/mol. The van der Waals surface area contributed by atoms with Crippen molar-refractivity contribution in [3.8, 4) is 0 Å². The highest BCUT2D eigenvalue weighted by molar-refractivity contribution is 6.31. The van der Waals surface area contributed by atoms with E-state index in [0.717, 1.165) is 5.56 Å². The van der Waals surface area contributed by atoms with Crippen molar-refractivity contribution in [3.05, 3.63) is 28.8 Å². The molecule has 1 aromatic carbocycles. The zero-order valence-corrected chi connectivity index (χ0v) is 9.99. The van der Waals surface area contributed by atoms with E-state index in [0.29, 0.717) is 17.1 Å². The van der Waals surface area contributed by atoms with Crippen LogP contribution in [-0.2, 0) is 9.59 Å². The Kier molecular flexibility index (Phi) is 3.07. The Labute approximate surface area is 104 Å². The molecule has 0 bridgehead atoms. The lowest BCUT2D eigenvalue weighted by Gasteiger charge is -2.06. The molecule has 0 saturated heterocycles. The molecule has 2 N–H and O–H groups in total. The standard InChI is InChI=1S/C12H12ClNO3/c1-6-2-3-7(4-10(6)13)14-11(15)8-5-9(8)12(16)17/h2-4,8-9H,5H2,1H3,(H,14,15)(H,16,17). The van der Waals surface area contributed by atoms with Crippen LogP contribution in [0, 0.1) is 18.8 Å². The van der Waals surface area contributed by atoms with Crippen LogP contribution in [0.25, 0.3) is 0 Å². The highest BCUT2D eigenvalue weighted by atomic mass is 35.5. The Morgan fingerprint density at radius 1 is 1.41 bits per heavy atom. The van der Waals surface area contributed by atoms with E-state index in [1.54, 1.807) is 18.2 Å². The van der Waals surface area contributed by atoms with Gasteiger partial charge in [0.1, 0.15) is 0 Å². The summed E-state index contributed by atoms with van der Waals surface area (Å²) in [6.45, 7) is 1.87. The lowest BCUT2D eigenvalue weighted by atomic mass is 10.2. The molecule has 5 heteroatoms. The summed E-state index contributed by atoms with van der Waals surface area (Å²) < 4.78 is 0. The van der Waals surface area contributed by atoms with Gasteiger partial charge in [-0.3, -0.25) is 9.59 Å². The zero-order chi connectivity index (χ0) is 12.6. The van der Waals surface area contributed by atoms with Crippen molar-refractivity contribution in [1.29, 1.82) is 0 Å². The van der Waals surface area contributed by atoms with Gasteiger partial charge in [0.25, 0.3) is 0 Å². The first-order chi connectivity index (χ1) is 7.99. The minimum atomic E-state index is -0.910. The first-order valence-electron chi connectivity index (χ1n) is 5.29. The van der Waals surface area contributed by atoms with E-state index < -0.39 is 17.8 Å². The number of carboxylic acids is 1. The molecule has 1 aromatic rings. The lowest BCUT2D eigenvalue weighted by Crippen LogP contribution is -2.16. The fourth-order valence-corrected chi connectivity index (χ4v) is 1.84. The number of carboxylic acid groups (broad SMARTS) is 1. The summed E-state index contributed by atoms with van der Waals surface area (Å²) >= 11 is 5.93. The van der Waals surface area contributed by atoms with Crippen molar-refractivity contribution in [2.24, 2.45) is 11.8 Å². The van der Waals surface area contributed by atoms with E-state index in [4.69, 9.17) is 16.7 Å². The van der Waals surface area contributed by atoms with Crippen molar-refractivity contribution in [1.82, 2.24) is 0 Å². The maximum Gasteiger partial charge on any atom is 0.307 e. The highest BCUT2D eigenvalue weighted by Crippen LogP contribution is 2.39. The summed E-state index contributed by atoms with van der Waals surface area (Å²) in [5, 5.41) is 12.0. The highest BCUT2D eigenvalue weighted by Gasteiger charge is 2.48. The first-order valence-corrected chi connectivity index (χ1v) is 5.66. The fraction of sp³-hybridized carbons (Fsp3) is 0.333. The van der Waals surface area contributed by atoms with Crippen LogP contribution in [-0.4, -0.2) is 17.0 Å². The number of hydrogen-bond donors (Lipinski definition) is 2. The molecule has 17 heavy (non-hydrogen) atoms. The second-order valence-electron chi connectivity index (χ2n) is 4.24. The number of aryl methyl sites for hydroxylation is 1. The van der Waals surface area contributed by atoms with Gasteiger partial charge in [-0.05, 0) is 31.0 Å². The molecule has 2 rings (SSSR count). The van der Waals surface area contributed by atoms with Gasteiger partial charge < -0.3 is 10.4 Å². The summed E-state index contributed by atoms with van der Waals surface area (Å²) in [5.41, 5.74) is 1.53. The molecule has 0 radical (unpaired) electrons. The molecule has 90 valence electrons. The second-order valence-corrected chi connectivity index (χ2v) is 4.65. The fourth-order valence-electron chi connectivity index (χ4n) is 1.66. The third kappa shape index (κ3) is 2.58. The molecule has 2 unspecified atom stereocenters. The van der Waals surface area contributed by atoms with Crippen molar-refractivity contribution < 1.29 is 14.7 Å². The first kappa shape index (κ1) is 11.9. The van der Waals surface area contributed by atoms with Crippen LogP contribution >= 0.6 is 11.6 Å². The summed E-state index contributed by atoms with van der Waals surface area (Å²) in [7, 11) is 0. The van der Waals surface area contributed by atoms with E-state index in [2.05, 4.69) is 5.32 Å². The van der Waals surface area contributed by atoms with Crippen LogP contribution in [0.4, 0.5) is 5.69 Å². The Bertz CT molecular complexity index is 487. The molecule has 4 nitrogen and oxygen atoms in total. The van der Waals surface area contributed by atoms with E-state index >= 15 is 0 Å². The van der Waals surface area contributed by atoms with Crippen LogP contribution in [0.5, 0.6) is 0 Å². The lowest BCUT2D eigenvalue weighted by molar-refractivity contribution is -0.139. The van der Waals surface area contributed by atoms with Crippen LogP contribution in [0.3, 0.4) is 0 Å². The number of amides is 1. The number of halogens is 1. The Morgan fingerprint density at radius 3 is 2.65 bits per heavy atom. The summed E-state index contributed by atoms with van der Waals surface area (Å²) in [5.74, 6) is -2.10. The van der Waals surface area contributed by atoms with Gasteiger partial charge in [-0.2, -0.15) is 0 Å². The molecule has 1 amide bonds. The predicted octanol–water partition coefficient (Wildman–Crippen LogP) is 2.31. The van der Waals surface area contributed by atoms with Gasteiger partial charge in [-0.15, -0.1) is 0 Å². The van der Waals surface area contributed by atoms with Crippen LogP contribution in [0.15, 0.2) is 18.2 Å². The summed E-state index contributed by atoms with van der Waals surface area (Å²) in [4.78, 5) is 22.3. The Morgan fingerprint density at radius 2 is 2.12 bits per heavy atom. The molecule has 1 saturated carbocycles. The molecular weight excluding hydrogens is 242 g/mol.